The zero-order valence-corrected chi connectivity index (χ0v) is 14.4. The molecule has 1 atom stereocenters. The lowest BCUT2D eigenvalue weighted by Crippen LogP contribution is -2.30. The molecule has 21 heavy (non-hydrogen) atoms. The van der Waals surface area contributed by atoms with Crippen LogP contribution in [0.25, 0.3) is 0 Å². The molecule has 122 valence electrons. The average Bonchev–Trinajstić information content (AvgIpc) is 2.81. The summed E-state index contributed by atoms with van der Waals surface area (Å²) in [7, 11) is 3.65. The molecule has 0 aromatic carbocycles. The first kappa shape index (κ1) is 18.4. The molecule has 1 aromatic rings. The predicted octanol–water partition coefficient (Wildman–Crippen LogP) is 2.30. The van der Waals surface area contributed by atoms with Crippen LogP contribution in [0, 0.1) is 0 Å². The largest absolute Gasteiger partial charge is 0.382 e. The van der Waals surface area contributed by atoms with E-state index in [1.165, 1.54) is 0 Å². The van der Waals surface area contributed by atoms with E-state index in [1.54, 1.807) is 7.11 Å². The van der Waals surface area contributed by atoms with Crippen molar-refractivity contribution in [3.05, 3.63) is 16.4 Å². The molecule has 0 saturated heterocycles. The number of aryl methyl sites for hydroxylation is 2. The van der Waals surface area contributed by atoms with Gasteiger partial charge in [0.1, 0.15) is 0 Å². The summed E-state index contributed by atoms with van der Waals surface area (Å²) < 4.78 is 12.5. The minimum Gasteiger partial charge on any atom is -0.382 e. The van der Waals surface area contributed by atoms with E-state index >= 15 is 0 Å². The van der Waals surface area contributed by atoms with E-state index in [2.05, 4.69) is 24.3 Å². The second-order valence-electron chi connectivity index (χ2n) is 4.96. The van der Waals surface area contributed by atoms with E-state index in [9.17, 15) is 0 Å². The average molecular weight is 318 g/mol. The Labute approximate surface area is 132 Å². The molecule has 1 N–H and O–H groups in total. The van der Waals surface area contributed by atoms with Gasteiger partial charge in [0.05, 0.1) is 29.6 Å². The fourth-order valence-electron chi connectivity index (χ4n) is 2.26. The van der Waals surface area contributed by atoms with E-state index in [0.717, 1.165) is 42.2 Å². The summed E-state index contributed by atoms with van der Waals surface area (Å²) in [6.45, 7) is 7.01. The zero-order valence-electron chi connectivity index (χ0n) is 13.6. The van der Waals surface area contributed by atoms with Crippen molar-refractivity contribution in [1.29, 1.82) is 0 Å². The molecule has 1 rings (SSSR count). The Hall–Kier alpha value is -0.620. The summed E-state index contributed by atoms with van der Waals surface area (Å²) in [6.07, 6.45) is 2.67. The van der Waals surface area contributed by atoms with Crippen molar-refractivity contribution >= 4 is 11.6 Å². The Morgan fingerprint density at radius 1 is 1.29 bits per heavy atom. The minimum atomic E-state index is 0.330. The predicted molar refractivity (Wildman–Crippen MR) is 86.2 cm³/mol. The second-order valence-corrected chi connectivity index (χ2v) is 5.34. The van der Waals surface area contributed by atoms with Crippen LogP contribution in [-0.4, -0.2) is 49.8 Å². The van der Waals surface area contributed by atoms with Crippen molar-refractivity contribution in [2.45, 2.75) is 45.7 Å². The number of aromatic nitrogens is 2. The van der Waals surface area contributed by atoms with Crippen LogP contribution in [0.15, 0.2) is 0 Å². The van der Waals surface area contributed by atoms with E-state index in [-0.39, 0.29) is 0 Å². The molecule has 0 saturated carbocycles. The molecule has 0 spiro atoms. The van der Waals surface area contributed by atoms with Gasteiger partial charge in [0.25, 0.3) is 0 Å². The van der Waals surface area contributed by atoms with Crippen molar-refractivity contribution in [3.8, 4) is 0 Å². The van der Waals surface area contributed by atoms with Crippen molar-refractivity contribution in [2.75, 3.05) is 34.0 Å². The standard InChI is InChI=1S/C15H28ClN3O2/c1-5-13-15(16)14(19(6-2)18-13)11-12(17-3)7-8-21-10-9-20-4/h12,17H,5-11H2,1-4H3. The summed E-state index contributed by atoms with van der Waals surface area (Å²) in [4.78, 5) is 0. The van der Waals surface area contributed by atoms with Crippen molar-refractivity contribution in [1.82, 2.24) is 15.1 Å². The molecule has 1 aromatic heterocycles. The molecule has 1 heterocycles. The van der Waals surface area contributed by atoms with Gasteiger partial charge in [0, 0.05) is 32.7 Å². The lowest BCUT2D eigenvalue weighted by Gasteiger charge is -2.17. The molecule has 0 fully saturated rings. The van der Waals surface area contributed by atoms with Crippen LogP contribution in [0.2, 0.25) is 5.02 Å². The summed E-state index contributed by atoms with van der Waals surface area (Å²) >= 11 is 6.45. The maximum Gasteiger partial charge on any atom is 0.0850 e. The Balaban J connectivity index is 2.58. The highest BCUT2D eigenvalue weighted by molar-refractivity contribution is 6.31. The van der Waals surface area contributed by atoms with Gasteiger partial charge in [-0.15, -0.1) is 0 Å². The number of hydrogen-bond acceptors (Lipinski definition) is 4. The monoisotopic (exact) mass is 317 g/mol. The van der Waals surface area contributed by atoms with Gasteiger partial charge in [0.15, 0.2) is 0 Å². The minimum absolute atomic E-state index is 0.330. The molecular formula is C15H28ClN3O2. The van der Waals surface area contributed by atoms with Crippen LogP contribution in [0.1, 0.15) is 31.7 Å². The lowest BCUT2D eigenvalue weighted by atomic mass is 10.1. The van der Waals surface area contributed by atoms with Gasteiger partial charge in [-0.2, -0.15) is 5.10 Å². The Morgan fingerprint density at radius 3 is 2.62 bits per heavy atom. The Bertz CT molecular complexity index is 410. The van der Waals surface area contributed by atoms with Crippen molar-refractivity contribution in [3.63, 3.8) is 0 Å². The second kappa shape index (κ2) is 10.2. The summed E-state index contributed by atoms with van der Waals surface area (Å²) in [5.74, 6) is 0. The molecule has 0 aliphatic heterocycles. The molecule has 0 bridgehead atoms. The normalized spacial score (nSPS) is 12.8. The fourth-order valence-corrected chi connectivity index (χ4v) is 2.61. The van der Waals surface area contributed by atoms with Gasteiger partial charge < -0.3 is 14.8 Å². The van der Waals surface area contributed by atoms with Crippen LogP contribution in [0.3, 0.4) is 0 Å². The van der Waals surface area contributed by atoms with Gasteiger partial charge in [-0.1, -0.05) is 18.5 Å². The highest BCUT2D eigenvalue weighted by Crippen LogP contribution is 2.23. The first-order valence-electron chi connectivity index (χ1n) is 7.65. The summed E-state index contributed by atoms with van der Waals surface area (Å²) in [6, 6.07) is 0.330. The quantitative estimate of drug-likeness (QED) is 0.636. The molecule has 0 amide bonds. The maximum atomic E-state index is 6.45. The molecule has 6 heteroatoms. The lowest BCUT2D eigenvalue weighted by molar-refractivity contribution is 0.0660. The highest BCUT2D eigenvalue weighted by Gasteiger charge is 2.18. The molecule has 0 radical (unpaired) electrons. The first-order valence-corrected chi connectivity index (χ1v) is 8.03. The van der Waals surface area contributed by atoms with E-state index in [0.29, 0.717) is 25.9 Å². The number of nitrogens with zero attached hydrogens (tertiary/aromatic N) is 2. The molecule has 0 aliphatic carbocycles. The van der Waals surface area contributed by atoms with Gasteiger partial charge in [0.2, 0.25) is 0 Å². The topological polar surface area (TPSA) is 48.3 Å². The SMILES string of the molecule is CCc1nn(CC)c(CC(CCOCCOC)NC)c1Cl. The number of nitrogens with one attached hydrogen (secondary N) is 1. The highest BCUT2D eigenvalue weighted by atomic mass is 35.5. The number of likely N-dealkylation sites (N-methyl/N-ethyl adjacent to an activating group) is 1. The fraction of sp³-hybridized carbons (Fsp3) is 0.800. The number of methoxy groups -OCH3 is 1. The van der Waals surface area contributed by atoms with E-state index in [1.807, 2.05) is 11.7 Å². The van der Waals surface area contributed by atoms with Crippen LogP contribution in [0.5, 0.6) is 0 Å². The summed E-state index contributed by atoms with van der Waals surface area (Å²) in [5, 5.41) is 8.72. The third-order valence-corrected chi connectivity index (χ3v) is 4.02. The van der Waals surface area contributed by atoms with Crippen LogP contribution in [-0.2, 0) is 28.9 Å². The zero-order chi connectivity index (χ0) is 15.7. The van der Waals surface area contributed by atoms with Crippen LogP contribution < -0.4 is 5.32 Å². The summed E-state index contributed by atoms with van der Waals surface area (Å²) in [5.41, 5.74) is 2.10. The van der Waals surface area contributed by atoms with Gasteiger partial charge in [-0.05, 0) is 26.8 Å². The van der Waals surface area contributed by atoms with Gasteiger partial charge >= 0.3 is 0 Å². The third kappa shape index (κ3) is 5.58. The smallest absolute Gasteiger partial charge is 0.0850 e. The van der Waals surface area contributed by atoms with Gasteiger partial charge in [-0.25, -0.2) is 0 Å². The van der Waals surface area contributed by atoms with Crippen molar-refractivity contribution in [2.24, 2.45) is 0 Å². The van der Waals surface area contributed by atoms with Gasteiger partial charge in [-0.3, -0.25) is 4.68 Å². The van der Waals surface area contributed by atoms with Crippen LogP contribution >= 0.6 is 11.6 Å². The molecule has 0 aliphatic rings. The van der Waals surface area contributed by atoms with E-state index in [4.69, 9.17) is 21.1 Å². The number of hydrogen-bond donors (Lipinski definition) is 1. The third-order valence-electron chi connectivity index (χ3n) is 3.58. The van der Waals surface area contributed by atoms with Crippen LogP contribution in [0.4, 0.5) is 0 Å². The molecular weight excluding hydrogens is 290 g/mol. The Kier molecular flexibility index (Phi) is 8.92. The maximum absolute atomic E-state index is 6.45. The first-order chi connectivity index (χ1) is 10.2. The van der Waals surface area contributed by atoms with Crippen molar-refractivity contribution < 1.29 is 9.47 Å². The number of ether oxygens (including phenoxy) is 2. The molecule has 1 unspecified atom stereocenters. The number of halogens is 1. The molecule has 5 nitrogen and oxygen atoms in total. The van der Waals surface area contributed by atoms with E-state index < -0.39 is 0 Å². The number of rotatable bonds is 11. The Morgan fingerprint density at radius 2 is 2.05 bits per heavy atom.